The van der Waals surface area contributed by atoms with E-state index in [2.05, 4.69) is 10.3 Å². The summed E-state index contributed by atoms with van der Waals surface area (Å²) >= 11 is 3.04. The van der Waals surface area contributed by atoms with E-state index in [0.717, 1.165) is 10.4 Å². The third kappa shape index (κ3) is 4.09. The molecule has 0 aliphatic carbocycles. The van der Waals surface area contributed by atoms with Crippen molar-refractivity contribution < 1.29 is 4.79 Å². The van der Waals surface area contributed by atoms with Crippen molar-refractivity contribution in [1.29, 1.82) is 0 Å². The second-order valence-corrected chi connectivity index (χ2v) is 7.21. The number of thiophene rings is 2. The van der Waals surface area contributed by atoms with Crippen LogP contribution in [0.15, 0.2) is 34.0 Å². The first-order valence-electron chi connectivity index (χ1n) is 7.51. The lowest BCUT2D eigenvalue weighted by atomic mass is 10.2. The number of carbonyl (C=O) groups is 1. The minimum Gasteiger partial charge on any atom is -0.343 e. The number of likely N-dealkylation sites (N-methyl/N-ethyl adjacent to an activating group) is 2. The predicted octanol–water partition coefficient (Wildman–Crippen LogP) is 2.29. The van der Waals surface area contributed by atoms with Crippen LogP contribution in [-0.4, -0.2) is 47.5 Å². The molecule has 1 N–H and O–H groups in total. The number of hydrogen-bond donors (Lipinski definition) is 1. The Bertz CT molecular complexity index is 905. The molecule has 3 aromatic heterocycles. The van der Waals surface area contributed by atoms with Crippen LogP contribution < -0.4 is 10.9 Å². The quantitative estimate of drug-likeness (QED) is 0.691. The van der Waals surface area contributed by atoms with E-state index in [4.69, 9.17) is 0 Å². The topological polar surface area (TPSA) is 67.2 Å². The van der Waals surface area contributed by atoms with Crippen LogP contribution in [0.1, 0.15) is 0 Å². The molecular formula is C16H19ClN4O2S2. The second-order valence-electron chi connectivity index (χ2n) is 5.40. The number of nitrogens with zero attached hydrogens (tertiary/aromatic N) is 3. The number of aromatic nitrogens is 2. The van der Waals surface area contributed by atoms with E-state index in [9.17, 15) is 9.59 Å². The third-order valence-electron chi connectivity index (χ3n) is 3.78. The Morgan fingerprint density at radius 2 is 2.20 bits per heavy atom. The van der Waals surface area contributed by atoms with Crippen LogP contribution in [0, 0.1) is 0 Å². The van der Waals surface area contributed by atoms with Gasteiger partial charge in [-0.05, 0) is 18.5 Å². The van der Waals surface area contributed by atoms with Crippen LogP contribution in [0.4, 0.5) is 0 Å². The number of rotatable bonds is 6. The molecule has 25 heavy (non-hydrogen) atoms. The average molecular weight is 399 g/mol. The summed E-state index contributed by atoms with van der Waals surface area (Å²) in [6.07, 6.45) is 1.46. The predicted molar refractivity (Wildman–Crippen MR) is 106 cm³/mol. The average Bonchev–Trinajstić information content (AvgIpc) is 3.23. The monoisotopic (exact) mass is 398 g/mol. The fraction of sp³-hybridized carbons (Fsp3) is 0.312. The molecule has 6 nitrogen and oxygen atoms in total. The van der Waals surface area contributed by atoms with E-state index in [1.54, 1.807) is 23.3 Å². The standard InChI is InChI=1S/C16H18N4O2S2.ClH/c1-17-5-6-19(2)13(21)8-20-10-18-15-14(16(20)22)11(9-24-15)12-4-3-7-23-12;/h3-4,7,9-10,17H,5-6,8H2,1-2H3;1H. The van der Waals surface area contributed by atoms with Gasteiger partial charge in [-0.1, -0.05) is 6.07 Å². The summed E-state index contributed by atoms with van der Waals surface area (Å²) in [4.78, 5) is 32.8. The Balaban J connectivity index is 0.00000225. The lowest BCUT2D eigenvalue weighted by Gasteiger charge is -2.17. The minimum atomic E-state index is -0.167. The van der Waals surface area contributed by atoms with Crippen molar-refractivity contribution in [1.82, 2.24) is 19.8 Å². The molecule has 0 saturated carbocycles. The molecule has 0 saturated heterocycles. The van der Waals surface area contributed by atoms with Gasteiger partial charge in [-0.3, -0.25) is 14.2 Å². The third-order valence-corrected chi connectivity index (χ3v) is 5.57. The number of fused-ring (bicyclic) bond motifs is 1. The SMILES string of the molecule is CNCCN(C)C(=O)Cn1cnc2scc(-c3cccs3)c2c1=O.Cl. The maximum Gasteiger partial charge on any atom is 0.263 e. The zero-order valence-corrected chi connectivity index (χ0v) is 16.3. The molecule has 3 rings (SSSR count). The number of amides is 1. The molecule has 0 atom stereocenters. The Hall–Kier alpha value is -1.74. The smallest absolute Gasteiger partial charge is 0.263 e. The van der Waals surface area contributed by atoms with Gasteiger partial charge in [0.15, 0.2) is 0 Å². The van der Waals surface area contributed by atoms with E-state index in [1.807, 2.05) is 29.9 Å². The van der Waals surface area contributed by atoms with Crippen LogP contribution in [0.5, 0.6) is 0 Å². The van der Waals surface area contributed by atoms with Gasteiger partial charge < -0.3 is 10.2 Å². The van der Waals surface area contributed by atoms with Crippen LogP contribution in [0.3, 0.4) is 0 Å². The lowest BCUT2D eigenvalue weighted by molar-refractivity contribution is -0.130. The van der Waals surface area contributed by atoms with E-state index < -0.39 is 0 Å². The van der Waals surface area contributed by atoms with Crippen molar-refractivity contribution in [3.8, 4) is 10.4 Å². The molecule has 9 heteroatoms. The lowest BCUT2D eigenvalue weighted by Crippen LogP contribution is -2.37. The summed E-state index contributed by atoms with van der Waals surface area (Å²) in [7, 11) is 3.57. The summed E-state index contributed by atoms with van der Waals surface area (Å²) in [6, 6.07) is 3.94. The molecular weight excluding hydrogens is 380 g/mol. The Morgan fingerprint density at radius 1 is 1.40 bits per heavy atom. The maximum atomic E-state index is 12.8. The molecule has 1 amide bonds. The van der Waals surface area contributed by atoms with Crippen molar-refractivity contribution in [2.24, 2.45) is 0 Å². The van der Waals surface area contributed by atoms with E-state index in [1.165, 1.54) is 22.2 Å². The van der Waals surface area contributed by atoms with Gasteiger partial charge in [0.1, 0.15) is 11.4 Å². The minimum absolute atomic E-state index is 0. The van der Waals surface area contributed by atoms with Gasteiger partial charge in [0.2, 0.25) is 5.91 Å². The fourth-order valence-corrected chi connectivity index (χ4v) is 4.08. The molecule has 0 radical (unpaired) electrons. The molecule has 134 valence electrons. The number of nitrogens with one attached hydrogen (secondary N) is 1. The Kier molecular flexibility index (Phi) is 6.71. The highest BCUT2D eigenvalue weighted by Gasteiger charge is 2.16. The van der Waals surface area contributed by atoms with Crippen molar-refractivity contribution in [2.75, 3.05) is 27.2 Å². The first-order chi connectivity index (χ1) is 11.6. The molecule has 3 heterocycles. The van der Waals surface area contributed by atoms with Gasteiger partial charge in [0, 0.05) is 36.0 Å². The second kappa shape index (κ2) is 8.57. The Morgan fingerprint density at radius 3 is 2.88 bits per heavy atom. The summed E-state index contributed by atoms with van der Waals surface area (Å²) in [5, 5.41) is 7.53. The van der Waals surface area contributed by atoms with Crippen molar-refractivity contribution in [3.05, 3.63) is 39.6 Å². The van der Waals surface area contributed by atoms with Gasteiger partial charge >= 0.3 is 0 Å². The van der Waals surface area contributed by atoms with Gasteiger partial charge in [0.25, 0.3) is 5.56 Å². The first kappa shape index (κ1) is 19.6. The van der Waals surface area contributed by atoms with Crippen molar-refractivity contribution >= 4 is 51.2 Å². The van der Waals surface area contributed by atoms with E-state index in [-0.39, 0.29) is 30.4 Å². The first-order valence-corrected chi connectivity index (χ1v) is 9.27. The highest BCUT2D eigenvalue weighted by atomic mass is 35.5. The van der Waals surface area contributed by atoms with Crippen LogP contribution in [-0.2, 0) is 11.3 Å². The van der Waals surface area contributed by atoms with Crippen LogP contribution >= 0.6 is 35.1 Å². The molecule has 0 unspecified atom stereocenters. The van der Waals surface area contributed by atoms with Crippen molar-refractivity contribution in [3.63, 3.8) is 0 Å². The number of hydrogen-bond acceptors (Lipinski definition) is 6. The largest absolute Gasteiger partial charge is 0.343 e. The summed E-state index contributed by atoms with van der Waals surface area (Å²) in [6.45, 7) is 1.31. The molecule has 0 aromatic carbocycles. The fourth-order valence-electron chi connectivity index (χ4n) is 2.36. The summed E-state index contributed by atoms with van der Waals surface area (Å²) in [5.41, 5.74) is 0.729. The van der Waals surface area contributed by atoms with Gasteiger partial charge in [-0.25, -0.2) is 4.98 Å². The number of halogens is 1. The highest BCUT2D eigenvalue weighted by molar-refractivity contribution is 7.18. The molecule has 0 bridgehead atoms. The van der Waals surface area contributed by atoms with Gasteiger partial charge in [-0.15, -0.1) is 35.1 Å². The zero-order chi connectivity index (χ0) is 17.1. The van der Waals surface area contributed by atoms with Gasteiger partial charge in [-0.2, -0.15) is 0 Å². The summed E-state index contributed by atoms with van der Waals surface area (Å²) < 4.78 is 1.39. The molecule has 0 aliphatic rings. The zero-order valence-electron chi connectivity index (χ0n) is 13.9. The summed E-state index contributed by atoms with van der Waals surface area (Å²) in [5.74, 6) is -0.110. The van der Waals surface area contributed by atoms with Crippen LogP contribution in [0.2, 0.25) is 0 Å². The number of carbonyl (C=O) groups excluding carboxylic acids is 1. The normalized spacial score (nSPS) is 10.6. The molecule has 0 aliphatic heterocycles. The van der Waals surface area contributed by atoms with E-state index >= 15 is 0 Å². The maximum absolute atomic E-state index is 12.8. The molecule has 0 fully saturated rings. The van der Waals surface area contributed by atoms with Crippen LogP contribution in [0.25, 0.3) is 20.7 Å². The Labute approximate surface area is 159 Å². The van der Waals surface area contributed by atoms with E-state index in [0.29, 0.717) is 23.3 Å². The molecule has 0 spiro atoms. The molecule has 3 aromatic rings. The highest BCUT2D eigenvalue weighted by Crippen LogP contribution is 2.33. The van der Waals surface area contributed by atoms with Crippen molar-refractivity contribution in [2.45, 2.75) is 6.54 Å². The van der Waals surface area contributed by atoms with Gasteiger partial charge in [0.05, 0.1) is 11.7 Å².